The number of carbonyl (C=O) groups excluding carboxylic acids is 9. The van der Waals surface area contributed by atoms with E-state index in [-0.39, 0.29) is 38.5 Å². The zero-order chi connectivity index (χ0) is 65.4. The number of ether oxygens (including phenoxy) is 2. The van der Waals surface area contributed by atoms with Crippen molar-refractivity contribution in [2.75, 3.05) is 65.6 Å². The number of aliphatic carboxylic acids is 1. The summed E-state index contributed by atoms with van der Waals surface area (Å²) >= 11 is 0. The highest BCUT2D eigenvalue weighted by Gasteiger charge is 2.36. The molecule has 0 radical (unpaired) electrons. The third kappa shape index (κ3) is 46.4. The van der Waals surface area contributed by atoms with Crippen LogP contribution in [-0.2, 0) is 57.4 Å². The van der Waals surface area contributed by atoms with Crippen LogP contribution in [0.1, 0.15) is 291 Å². The van der Waals surface area contributed by atoms with Crippen LogP contribution in [0.25, 0.3) is 0 Å². The average Bonchev–Trinajstić information content (AvgIpc) is 2.83. The third-order valence-corrected chi connectivity index (χ3v) is 16.5. The lowest BCUT2D eigenvalue weighted by molar-refractivity contribution is -0.144. The molecule has 0 aromatic rings. The summed E-state index contributed by atoms with van der Waals surface area (Å²) in [4.78, 5) is 131. The van der Waals surface area contributed by atoms with Crippen LogP contribution in [0.2, 0.25) is 0 Å². The van der Waals surface area contributed by atoms with Gasteiger partial charge in [-0.1, -0.05) is 239 Å². The first-order valence-electron chi connectivity index (χ1n) is 35.3. The molecular weight excluding hydrogens is 1140 g/mol. The Balaban J connectivity index is 2.53. The maximum absolute atomic E-state index is 13.5. The maximum Gasteiger partial charge on any atom is 0.325 e. The Morgan fingerprint density at radius 1 is 0.483 bits per heavy atom. The largest absolute Gasteiger partial charge is 0.481 e. The summed E-state index contributed by atoms with van der Waals surface area (Å²) in [6, 6.07) is -3.61. The van der Waals surface area contributed by atoms with Crippen LogP contribution in [0.4, 0.5) is 0 Å². The molecule has 7 N–H and O–H groups in total. The number of esters is 1. The molecule has 1 aliphatic heterocycles. The number of unbranched alkanes of at least 4 members (excludes halogenated alkanes) is 34. The van der Waals surface area contributed by atoms with Crippen LogP contribution < -0.4 is 31.9 Å². The van der Waals surface area contributed by atoms with Crippen molar-refractivity contribution in [3.05, 3.63) is 0 Å². The van der Waals surface area contributed by atoms with Gasteiger partial charge in [0.1, 0.15) is 37.9 Å². The van der Waals surface area contributed by atoms with Crippen LogP contribution in [-0.4, -0.2) is 158 Å². The number of likely N-dealkylation sites (tertiary alicyclic amines) is 1. The van der Waals surface area contributed by atoms with Crippen LogP contribution in [0.15, 0.2) is 0 Å². The zero-order valence-electron chi connectivity index (χ0n) is 56.0. The molecule has 0 spiro atoms. The summed E-state index contributed by atoms with van der Waals surface area (Å²) in [5.41, 5.74) is 0. The van der Waals surface area contributed by atoms with E-state index in [1.165, 1.54) is 179 Å². The molecule has 514 valence electrons. The normalized spacial score (nSPS) is 13.5. The molecule has 8 amide bonds. The van der Waals surface area contributed by atoms with Gasteiger partial charge in [-0.25, -0.2) is 0 Å². The number of nitrogens with one attached hydrogen (secondary N) is 6. The fourth-order valence-corrected chi connectivity index (χ4v) is 11.0. The second-order valence-corrected chi connectivity index (χ2v) is 24.6. The minimum Gasteiger partial charge on any atom is -0.481 e. The average molecular weight is 1260 g/mol. The Bertz CT molecular complexity index is 1910. The topological polar surface area (TPSA) is 288 Å². The minimum absolute atomic E-state index is 0.156. The summed E-state index contributed by atoms with van der Waals surface area (Å²) in [7, 11) is 0. The molecule has 0 unspecified atom stereocenters. The monoisotopic (exact) mass is 1260 g/mol. The van der Waals surface area contributed by atoms with Crippen molar-refractivity contribution in [3.63, 3.8) is 0 Å². The molecule has 0 saturated carbocycles. The van der Waals surface area contributed by atoms with Crippen molar-refractivity contribution in [1.29, 1.82) is 0 Å². The van der Waals surface area contributed by atoms with Crippen molar-refractivity contribution < 1.29 is 62.5 Å². The van der Waals surface area contributed by atoms with Crippen molar-refractivity contribution in [3.8, 4) is 0 Å². The number of amides is 8. The van der Waals surface area contributed by atoms with E-state index in [4.69, 9.17) is 9.47 Å². The molecule has 0 aromatic heterocycles. The molecule has 1 heterocycles. The summed E-state index contributed by atoms with van der Waals surface area (Å²) in [6.07, 6.45) is 45.4. The molecular formula is C68H124N8O13. The number of nitrogens with zero attached hydrogens (tertiary/aromatic N) is 2. The molecule has 21 nitrogen and oxygen atoms in total. The van der Waals surface area contributed by atoms with Gasteiger partial charge in [0.15, 0.2) is 0 Å². The molecule has 1 fully saturated rings. The van der Waals surface area contributed by atoms with Gasteiger partial charge < -0.3 is 56.3 Å². The number of hydrogen-bond acceptors (Lipinski definition) is 12. The van der Waals surface area contributed by atoms with Gasteiger partial charge in [-0.05, 0) is 45.4 Å². The smallest absolute Gasteiger partial charge is 0.325 e. The van der Waals surface area contributed by atoms with E-state index in [1.54, 1.807) is 0 Å². The molecule has 0 aliphatic carbocycles. The second kappa shape index (κ2) is 56.6. The molecule has 0 aromatic carbocycles. The predicted molar refractivity (Wildman–Crippen MR) is 349 cm³/mol. The highest BCUT2D eigenvalue weighted by Crippen LogP contribution is 2.20. The van der Waals surface area contributed by atoms with Gasteiger partial charge in [-0.3, -0.25) is 47.9 Å². The predicted octanol–water partition coefficient (Wildman–Crippen LogP) is 10.2. The Hall–Kier alpha value is -5.34. The van der Waals surface area contributed by atoms with E-state index in [9.17, 15) is 53.1 Å². The molecule has 1 saturated heterocycles. The van der Waals surface area contributed by atoms with Crippen molar-refractivity contribution in [2.24, 2.45) is 0 Å². The third-order valence-electron chi connectivity index (χ3n) is 16.5. The highest BCUT2D eigenvalue weighted by molar-refractivity contribution is 5.96. The van der Waals surface area contributed by atoms with Gasteiger partial charge in [0.2, 0.25) is 47.3 Å². The van der Waals surface area contributed by atoms with E-state index in [0.29, 0.717) is 25.9 Å². The summed E-state index contributed by atoms with van der Waals surface area (Å²) in [5.74, 6) is -6.97. The van der Waals surface area contributed by atoms with E-state index in [1.807, 2.05) is 4.90 Å². The fourth-order valence-electron chi connectivity index (χ4n) is 11.0. The van der Waals surface area contributed by atoms with E-state index < -0.39 is 111 Å². The standard InChI is InChI=1S/C68H124N8O13/c1-5-8-11-14-16-18-20-22-24-26-28-30-32-34-36-39-46-75(47-40-37-35-33-31-29-27-25-23-21-19-17-15-12-9-6-2)63(81)55-88-54-61(79)70-51-59(77)69-50-60(78)71-52-62(80)76-48-42-43-58(76)68(87)74-57(44-45-64(82)83)67(86)73-56(4)66(85)72-53-65(84)89-49-41-38-13-10-7-3/h56-58H,5-55H2,1-4H3,(H,69,77)(H,70,79)(H,71,78)(H,72,85)(H,73,86)(H,74,87)(H,82,83)/t56-,57-,58-/m0/s1. The first kappa shape index (κ1) is 81.7. The Labute approximate surface area is 536 Å². The van der Waals surface area contributed by atoms with E-state index in [0.717, 1.165) is 64.2 Å². The molecule has 21 heteroatoms. The van der Waals surface area contributed by atoms with Gasteiger partial charge in [-0.15, -0.1) is 0 Å². The van der Waals surface area contributed by atoms with Gasteiger partial charge >= 0.3 is 11.9 Å². The second-order valence-electron chi connectivity index (χ2n) is 24.6. The van der Waals surface area contributed by atoms with Gasteiger partial charge in [-0.2, -0.15) is 0 Å². The minimum atomic E-state index is -1.39. The quantitative estimate of drug-likeness (QED) is 0.0221. The first-order chi connectivity index (χ1) is 43.1. The van der Waals surface area contributed by atoms with E-state index in [2.05, 4.69) is 52.7 Å². The van der Waals surface area contributed by atoms with Crippen LogP contribution in [0, 0.1) is 0 Å². The zero-order valence-corrected chi connectivity index (χ0v) is 56.0. The van der Waals surface area contributed by atoms with Crippen molar-refractivity contribution >= 4 is 59.2 Å². The van der Waals surface area contributed by atoms with Crippen molar-refractivity contribution in [2.45, 2.75) is 309 Å². The Morgan fingerprint density at radius 3 is 1.35 bits per heavy atom. The number of carbonyl (C=O) groups is 10. The van der Waals surface area contributed by atoms with Crippen molar-refractivity contribution in [1.82, 2.24) is 41.7 Å². The summed E-state index contributed by atoms with van der Waals surface area (Å²) in [6.45, 7) is 7.02. The summed E-state index contributed by atoms with van der Waals surface area (Å²) in [5, 5.41) is 23.9. The highest BCUT2D eigenvalue weighted by atomic mass is 16.5. The van der Waals surface area contributed by atoms with Crippen LogP contribution in [0.5, 0.6) is 0 Å². The van der Waals surface area contributed by atoms with Gasteiger partial charge in [0.05, 0.1) is 26.2 Å². The molecule has 1 aliphatic rings. The number of carboxylic acid groups (broad SMARTS) is 1. The number of rotatable bonds is 60. The lowest BCUT2D eigenvalue weighted by Crippen LogP contribution is -2.56. The molecule has 3 atom stereocenters. The SMILES string of the molecule is CCCCCCCCCCCCCCCCCCN(CCCCCCCCCCCCCCCCCC)C(=O)COCC(=O)NCC(=O)NCC(=O)NCC(=O)N1CCC[C@H]1C(=O)N[C@@H](CCC(=O)O)C(=O)N[C@@H](C)C(=O)NCC(=O)OCCCCCCC. The van der Waals surface area contributed by atoms with Crippen LogP contribution in [0.3, 0.4) is 0 Å². The molecule has 0 bridgehead atoms. The molecule has 89 heavy (non-hydrogen) atoms. The first-order valence-corrected chi connectivity index (χ1v) is 35.3. The lowest BCUT2D eigenvalue weighted by atomic mass is 10.0. The summed E-state index contributed by atoms with van der Waals surface area (Å²) < 4.78 is 10.7. The lowest BCUT2D eigenvalue weighted by Gasteiger charge is -2.27. The fraction of sp³-hybridized carbons (Fsp3) is 0.853. The van der Waals surface area contributed by atoms with Gasteiger partial charge in [0, 0.05) is 26.1 Å². The Kier molecular flexibility index (Phi) is 52.0. The number of hydrogen-bond donors (Lipinski definition) is 7. The van der Waals surface area contributed by atoms with E-state index >= 15 is 0 Å². The van der Waals surface area contributed by atoms with Crippen LogP contribution >= 0.6 is 0 Å². The number of carboxylic acids is 1. The Morgan fingerprint density at radius 2 is 0.899 bits per heavy atom. The molecule has 1 rings (SSSR count). The van der Waals surface area contributed by atoms with Gasteiger partial charge in [0.25, 0.3) is 0 Å². The maximum atomic E-state index is 13.5.